The van der Waals surface area contributed by atoms with E-state index in [0.29, 0.717) is 24.9 Å². The zero-order chi connectivity index (χ0) is 16.7. The van der Waals surface area contributed by atoms with Crippen LogP contribution in [-0.2, 0) is 0 Å². The summed E-state index contributed by atoms with van der Waals surface area (Å²) in [6.45, 7) is 5.44. The summed E-state index contributed by atoms with van der Waals surface area (Å²) in [7, 11) is 0. The summed E-state index contributed by atoms with van der Waals surface area (Å²) >= 11 is 0. The predicted molar refractivity (Wildman–Crippen MR) is 86.0 cm³/mol. The molecule has 0 aliphatic carbocycles. The molecule has 0 radical (unpaired) electrons. The second kappa shape index (κ2) is 8.02. The summed E-state index contributed by atoms with van der Waals surface area (Å²) in [5, 5.41) is 8.84. The molecule has 2 rings (SSSR count). The summed E-state index contributed by atoms with van der Waals surface area (Å²) in [5.41, 5.74) is 1.03. The van der Waals surface area contributed by atoms with Crippen LogP contribution in [0, 0.1) is 12.7 Å². The summed E-state index contributed by atoms with van der Waals surface area (Å²) < 4.78 is 13.0. The van der Waals surface area contributed by atoms with Gasteiger partial charge in [-0.3, -0.25) is 9.78 Å². The molecule has 0 spiro atoms. The van der Waals surface area contributed by atoms with E-state index < -0.39 is 5.82 Å². The Labute approximate surface area is 133 Å². The van der Waals surface area contributed by atoms with Gasteiger partial charge in [0.2, 0.25) is 5.95 Å². The first-order valence-corrected chi connectivity index (χ1v) is 7.30. The molecule has 0 aromatic carbocycles. The summed E-state index contributed by atoms with van der Waals surface area (Å²) in [5.74, 6) is 0.328. The van der Waals surface area contributed by atoms with Crippen LogP contribution < -0.4 is 16.0 Å². The van der Waals surface area contributed by atoms with Crippen molar-refractivity contribution in [1.29, 1.82) is 0 Å². The monoisotopic (exact) mass is 318 g/mol. The first kappa shape index (κ1) is 16.6. The van der Waals surface area contributed by atoms with Crippen LogP contribution in [0.25, 0.3) is 0 Å². The summed E-state index contributed by atoms with van der Waals surface area (Å²) in [6, 6.07) is 2.96. The number of aromatic nitrogens is 3. The van der Waals surface area contributed by atoms with Gasteiger partial charge in [0.25, 0.3) is 5.91 Å². The zero-order valence-corrected chi connectivity index (χ0v) is 13.1. The number of nitrogens with one attached hydrogen (secondary N) is 3. The van der Waals surface area contributed by atoms with E-state index in [0.717, 1.165) is 24.5 Å². The molecule has 1 amide bonds. The number of pyridine rings is 1. The van der Waals surface area contributed by atoms with Gasteiger partial charge in [-0.05, 0) is 19.9 Å². The highest BCUT2D eigenvalue weighted by Crippen LogP contribution is 2.08. The van der Waals surface area contributed by atoms with E-state index in [1.54, 1.807) is 0 Å². The van der Waals surface area contributed by atoms with Crippen molar-refractivity contribution in [3.63, 3.8) is 0 Å². The van der Waals surface area contributed by atoms with Gasteiger partial charge in [-0.2, -0.15) is 4.98 Å². The van der Waals surface area contributed by atoms with Crippen molar-refractivity contribution in [3.8, 4) is 0 Å². The molecule has 0 aliphatic rings. The van der Waals surface area contributed by atoms with Gasteiger partial charge in [0, 0.05) is 37.6 Å². The number of anilines is 2. The number of carbonyl (C=O) groups excluding carboxylic acids is 1. The van der Waals surface area contributed by atoms with E-state index in [-0.39, 0.29) is 11.5 Å². The molecular weight excluding hydrogens is 299 g/mol. The Kier molecular flexibility index (Phi) is 5.79. The molecule has 0 aliphatic heterocycles. The Bertz CT molecular complexity index is 679. The Morgan fingerprint density at radius 1 is 1.17 bits per heavy atom. The highest BCUT2D eigenvalue weighted by Gasteiger charge is 2.06. The maximum Gasteiger partial charge on any atom is 0.253 e. The highest BCUT2D eigenvalue weighted by atomic mass is 19.1. The van der Waals surface area contributed by atoms with E-state index in [1.807, 2.05) is 19.9 Å². The third kappa shape index (κ3) is 5.17. The minimum absolute atomic E-state index is 0.192. The number of rotatable bonds is 7. The van der Waals surface area contributed by atoms with Gasteiger partial charge in [0.15, 0.2) is 0 Å². The second-order valence-corrected chi connectivity index (χ2v) is 4.82. The average Bonchev–Trinajstić information content (AvgIpc) is 2.51. The predicted octanol–water partition coefficient (Wildman–Crippen LogP) is 1.59. The number of nitrogens with zero attached hydrogens (tertiary/aromatic N) is 3. The maximum absolute atomic E-state index is 13.0. The average molecular weight is 318 g/mol. The zero-order valence-electron chi connectivity index (χ0n) is 13.1. The van der Waals surface area contributed by atoms with Gasteiger partial charge in [-0.1, -0.05) is 0 Å². The number of halogens is 1. The van der Waals surface area contributed by atoms with Crippen LogP contribution in [0.15, 0.2) is 24.5 Å². The van der Waals surface area contributed by atoms with Gasteiger partial charge in [0.1, 0.15) is 11.6 Å². The number of hydrogen-bond donors (Lipinski definition) is 3. The number of amides is 1. The minimum atomic E-state index is -0.539. The summed E-state index contributed by atoms with van der Waals surface area (Å²) in [4.78, 5) is 24.0. The van der Waals surface area contributed by atoms with Crippen molar-refractivity contribution in [2.45, 2.75) is 13.8 Å². The first-order valence-electron chi connectivity index (χ1n) is 7.30. The smallest absolute Gasteiger partial charge is 0.253 e. The van der Waals surface area contributed by atoms with E-state index >= 15 is 0 Å². The number of hydrogen-bond acceptors (Lipinski definition) is 6. The number of aryl methyl sites for hydroxylation is 1. The van der Waals surface area contributed by atoms with Gasteiger partial charge < -0.3 is 16.0 Å². The molecule has 2 heterocycles. The summed E-state index contributed by atoms with van der Waals surface area (Å²) in [6.07, 6.45) is 2.38. The van der Waals surface area contributed by atoms with E-state index in [4.69, 9.17) is 0 Å². The first-order chi connectivity index (χ1) is 11.1. The topological polar surface area (TPSA) is 91.8 Å². The Morgan fingerprint density at radius 2 is 2.00 bits per heavy atom. The van der Waals surface area contributed by atoms with Gasteiger partial charge >= 0.3 is 0 Å². The molecule has 23 heavy (non-hydrogen) atoms. The molecule has 2 aromatic rings. The molecular formula is C15H19FN6O. The van der Waals surface area contributed by atoms with Gasteiger partial charge in [-0.15, -0.1) is 0 Å². The van der Waals surface area contributed by atoms with Crippen LogP contribution >= 0.6 is 0 Å². The van der Waals surface area contributed by atoms with Crippen LogP contribution in [0.4, 0.5) is 16.2 Å². The largest absolute Gasteiger partial charge is 0.368 e. The minimum Gasteiger partial charge on any atom is -0.368 e. The van der Waals surface area contributed by atoms with Crippen molar-refractivity contribution in [2.24, 2.45) is 0 Å². The molecule has 0 atom stereocenters. The van der Waals surface area contributed by atoms with Gasteiger partial charge in [0.05, 0.1) is 11.8 Å². The van der Waals surface area contributed by atoms with Crippen molar-refractivity contribution in [3.05, 3.63) is 41.6 Å². The second-order valence-electron chi connectivity index (χ2n) is 4.82. The Morgan fingerprint density at radius 3 is 2.74 bits per heavy atom. The van der Waals surface area contributed by atoms with E-state index in [9.17, 15) is 9.18 Å². The van der Waals surface area contributed by atoms with Crippen molar-refractivity contribution in [2.75, 3.05) is 30.3 Å². The fourth-order valence-electron chi connectivity index (χ4n) is 1.90. The molecule has 8 heteroatoms. The molecule has 0 saturated carbocycles. The Balaban J connectivity index is 1.82. The van der Waals surface area contributed by atoms with Gasteiger partial charge in [-0.25, -0.2) is 9.37 Å². The van der Waals surface area contributed by atoms with E-state index in [2.05, 4.69) is 30.9 Å². The lowest BCUT2D eigenvalue weighted by Gasteiger charge is -2.10. The molecule has 0 unspecified atom stereocenters. The molecule has 0 bridgehead atoms. The third-order valence-corrected chi connectivity index (χ3v) is 2.87. The molecule has 0 saturated heterocycles. The quantitative estimate of drug-likeness (QED) is 0.672. The van der Waals surface area contributed by atoms with Crippen molar-refractivity contribution in [1.82, 2.24) is 20.3 Å². The van der Waals surface area contributed by atoms with Crippen LogP contribution in [0.1, 0.15) is 23.0 Å². The standard InChI is InChI=1S/C15H19FN6O/c1-3-18-15-21-10(2)6-13(22-15)19-4-5-20-14(23)11-7-12(16)9-17-8-11/h6-9H,3-5H2,1-2H3,(H,20,23)(H2,18,19,21,22). The van der Waals surface area contributed by atoms with E-state index in [1.165, 1.54) is 6.20 Å². The number of carbonyl (C=O) groups is 1. The van der Waals surface area contributed by atoms with Crippen molar-refractivity contribution < 1.29 is 9.18 Å². The normalized spacial score (nSPS) is 10.2. The fourth-order valence-corrected chi connectivity index (χ4v) is 1.90. The van der Waals surface area contributed by atoms with Crippen LogP contribution in [-0.4, -0.2) is 40.5 Å². The third-order valence-electron chi connectivity index (χ3n) is 2.87. The SMILES string of the molecule is CCNc1nc(C)cc(NCCNC(=O)c2cncc(F)c2)n1. The maximum atomic E-state index is 13.0. The molecule has 122 valence electrons. The van der Waals surface area contributed by atoms with Crippen molar-refractivity contribution >= 4 is 17.7 Å². The Hall–Kier alpha value is -2.77. The lowest BCUT2D eigenvalue weighted by molar-refractivity contribution is 0.0954. The molecule has 3 N–H and O–H groups in total. The lowest BCUT2D eigenvalue weighted by atomic mass is 10.2. The lowest BCUT2D eigenvalue weighted by Crippen LogP contribution is -2.29. The van der Waals surface area contributed by atoms with Crippen LogP contribution in [0.3, 0.4) is 0 Å². The molecule has 0 fully saturated rings. The fraction of sp³-hybridized carbons (Fsp3) is 0.333. The highest BCUT2D eigenvalue weighted by molar-refractivity contribution is 5.93. The van der Waals surface area contributed by atoms with Crippen LogP contribution in [0.2, 0.25) is 0 Å². The molecule has 2 aromatic heterocycles. The van der Waals surface area contributed by atoms with Crippen LogP contribution in [0.5, 0.6) is 0 Å². The molecule has 7 nitrogen and oxygen atoms in total.